The highest BCUT2D eigenvalue weighted by Crippen LogP contribution is 2.18. The molecule has 0 atom stereocenters. The molecule has 0 saturated heterocycles. The molecule has 7 nitrogen and oxygen atoms in total. The third-order valence-electron chi connectivity index (χ3n) is 4.58. The van der Waals surface area contributed by atoms with Crippen molar-refractivity contribution in [2.75, 3.05) is 19.8 Å². The number of hydrogen-bond donors (Lipinski definition) is 5. The molecule has 0 fully saturated rings. The van der Waals surface area contributed by atoms with Crippen LogP contribution in [0, 0.1) is 37.0 Å². The first-order chi connectivity index (χ1) is 17.3. The molecule has 5 N–H and O–H groups in total. The average Bonchev–Trinajstić information content (AvgIpc) is 2.89. The van der Waals surface area contributed by atoms with Crippen molar-refractivity contribution < 1.29 is 24.9 Å². The van der Waals surface area contributed by atoms with Gasteiger partial charge in [-0.1, -0.05) is 115 Å². The maximum absolute atomic E-state index is 8.66. The molecule has 0 aliphatic heterocycles. The lowest BCUT2D eigenvalue weighted by Gasteiger charge is -2.24. The molecule has 0 radical (unpaired) electrons. The lowest BCUT2D eigenvalue weighted by molar-refractivity contribution is 0.00304. The van der Waals surface area contributed by atoms with E-state index in [-0.39, 0.29) is 19.8 Å². The molecule has 0 aliphatic rings. The quantitative estimate of drug-likeness (QED) is 0.251. The van der Waals surface area contributed by atoms with Crippen molar-refractivity contribution in [2.45, 2.75) is 34.1 Å². The third kappa shape index (κ3) is 24.9. The minimum Gasteiger partial charge on any atom is -0.396 e. The SMILES string of the molecule is CCC(CO)(CO)CO.Cc1ccccc1.Cc1ccccc1.Cc1ccccc1.N=C=O.N=C=O. The van der Waals surface area contributed by atoms with Gasteiger partial charge in [0.15, 0.2) is 0 Å². The Kier molecular flexibility index (Phi) is 28.2. The zero-order chi connectivity index (χ0) is 28.1. The summed E-state index contributed by atoms with van der Waals surface area (Å²) in [5.74, 6) is 0. The average molecular weight is 497 g/mol. The fourth-order valence-electron chi connectivity index (χ4n) is 2.09. The summed E-state index contributed by atoms with van der Waals surface area (Å²) in [6.45, 7) is 7.60. The Hall–Kier alpha value is -3.70. The van der Waals surface area contributed by atoms with Crippen molar-refractivity contribution in [1.82, 2.24) is 0 Å². The molecule has 3 rings (SSSR count). The van der Waals surface area contributed by atoms with Gasteiger partial charge in [-0.15, -0.1) is 0 Å². The van der Waals surface area contributed by atoms with Crippen LogP contribution in [0.5, 0.6) is 0 Å². The number of hydrogen-bond acceptors (Lipinski definition) is 7. The molecule has 0 bridgehead atoms. The van der Waals surface area contributed by atoms with E-state index in [1.807, 2.05) is 61.5 Å². The molecular weight excluding hydrogens is 456 g/mol. The Labute approximate surface area is 215 Å². The van der Waals surface area contributed by atoms with E-state index in [1.165, 1.54) is 16.7 Å². The Morgan fingerprint density at radius 3 is 0.833 bits per heavy atom. The monoisotopic (exact) mass is 496 g/mol. The summed E-state index contributed by atoms with van der Waals surface area (Å²) in [6.07, 6.45) is 2.09. The molecule has 0 aromatic heterocycles. The standard InChI is InChI=1S/3C7H8.C6H14O3.2CHNO/c3*1-7-5-3-2-4-6-7;1-2-6(3-7,4-8)5-9;2*2-1-3/h3*2-6H,1H3;7-9H,2-5H2,1H3;2*2H. The molecule has 3 aromatic carbocycles. The Balaban J connectivity index is -0.000000377. The summed E-state index contributed by atoms with van der Waals surface area (Å²) in [4.78, 5) is 16.7. The lowest BCUT2D eigenvalue weighted by Crippen LogP contribution is -2.32. The van der Waals surface area contributed by atoms with E-state index in [1.54, 1.807) is 0 Å². The number of nitrogens with one attached hydrogen (secondary N) is 2. The smallest absolute Gasteiger partial charge is 0.231 e. The highest BCUT2D eigenvalue weighted by Gasteiger charge is 2.24. The number of carbonyl (C=O) groups excluding carboxylic acids is 2. The maximum Gasteiger partial charge on any atom is 0.231 e. The van der Waals surface area contributed by atoms with Gasteiger partial charge in [0, 0.05) is 5.41 Å². The second-order valence-electron chi connectivity index (χ2n) is 7.50. The van der Waals surface area contributed by atoms with Gasteiger partial charge in [-0.05, 0) is 27.2 Å². The maximum atomic E-state index is 8.66. The van der Waals surface area contributed by atoms with Gasteiger partial charge in [0.25, 0.3) is 0 Å². The largest absolute Gasteiger partial charge is 0.396 e. The van der Waals surface area contributed by atoms with Crippen LogP contribution in [0.15, 0.2) is 91.0 Å². The van der Waals surface area contributed by atoms with Crippen molar-refractivity contribution in [3.05, 3.63) is 108 Å². The molecule has 0 spiro atoms. The van der Waals surface area contributed by atoms with Crippen molar-refractivity contribution >= 4 is 12.2 Å². The van der Waals surface area contributed by atoms with Gasteiger partial charge in [0.2, 0.25) is 12.2 Å². The first-order valence-electron chi connectivity index (χ1n) is 11.2. The van der Waals surface area contributed by atoms with Gasteiger partial charge < -0.3 is 15.3 Å². The van der Waals surface area contributed by atoms with Crippen LogP contribution in [0.25, 0.3) is 0 Å². The number of benzene rings is 3. The predicted octanol–water partition coefficient (Wildman–Crippen LogP) is 5.15. The second kappa shape index (κ2) is 27.5. The fraction of sp³-hybridized carbons (Fsp3) is 0.310. The van der Waals surface area contributed by atoms with Crippen molar-refractivity contribution in [1.29, 1.82) is 10.8 Å². The van der Waals surface area contributed by atoms with Crippen LogP contribution < -0.4 is 0 Å². The first-order valence-corrected chi connectivity index (χ1v) is 11.2. The number of aliphatic hydroxyl groups is 3. The van der Waals surface area contributed by atoms with E-state index >= 15 is 0 Å². The fourth-order valence-corrected chi connectivity index (χ4v) is 2.09. The summed E-state index contributed by atoms with van der Waals surface area (Å²) >= 11 is 0. The Morgan fingerprint density at radius 1 is 0.583 bits per heavy atom. The first kappa shape index (κ1) is 36.9. The van der Waals surface area contributed by atoms with Crippen LogP contribution in [-0.4, -0.2) is 47.3 Å². The van der Waals surface area contributed by atoms with E-state index in [2.05, 4.69) is 57.2 Å². The normalized spacial score (nSPS) is 8.53. The van der Waals surface area contributed by atoms with Gasteiger partial charge in [-0.25, -0.2) is 20.4 Å². The third-order valence-corrected chi connectivity index (χ3v) is 4.58. The summed E-state index contributed by atoms with van der Waals surface area (Å²) in [7, 11) is 0. The summed E-state index contributed by atoms with van der Waals surface area (Å²) in [5.41, 5.74) is 3.30. The minimum absolute atomic E-state index is 0.156. The van der Waals surface area contributed by atoms with Crippen LogP contribution in [0.2, 0.25) is 0 Å². The highest BCUT2D eigenvalue weighted by atomic mass is 16.3. The summed E-state index contributed by atoms with van der Waals surface area (Å²) in [6, 6.07) is 30.8. The number of isocyanates is 2. The van der Waals surface area contributed by atoms with Crippen LogP contribution in [-0.2, 0) is 9.59 Å². The molecule has 196 valence electrons. The zero-order valence-corrected chi connectivity index (χ0v) is 21.6. The molecule has 36 heavy (non-hydrogen) atoms. The molecule has 0 aliphatic carbocycles. The van der Waals surface area contributed by atoms with E-state index in [0.717, 1.165) is 12.2 Å². The number of rotatable bonds is 4. The van der Waals surface area contributed by atoms with Crippen LogP contribution >= 0.6 is 0 Å². The number of aliphatic hydroxyl groups excluding tert-OH is 3. The molecule has 3 aromatic rings. The Bertz CT molecular complexity index is 786. The van der Waals surface area contributed by atoms with E-state index < -0.39 is 5.41 Å². The van der Waals surface area contributed by atoms with Crippen LogP contribution in [0.1, 0.15) is 30.0 Å². The molecule has 0 heterocycles. The van der Waals surface area contributed by atoms with Gasteiger partial charge in [-0.2, -0.15) is 0 Å². The van der Waals surface area contributed by atoms with Gasteiger partial charge >= 0.3 is 0 Å². The van der Waals surface area contributed by atoms with Crippen LogP contribution in [0.3, 0.4) is 0 Å². The van der Waals surface area contributed by atoms with Gasteiger partial charge in [-0.3, -0.25) is 0 Å². The molecule has 0 amide bonds. The van der Waals surface area contributed by atoms with Gasteiger partial charge in [0.1, 0.15) is 0 Å². The molecular formula is C29H40N2O5. The molecule has 0 unspecified atom stereocenters. The van der Waals surface area contributed by atoms with Crippen LogP contribution in [0.4, 0.5) is 0 Å². The lowest BCUT2D eigenvalue weighted by atomic mass is 9.88. The van der Waals surface area contributed by atoms with E-state index in [9.17, 15) is 0 Å². The van der Waals surface area contributed by atoms with Gasteiger partial charge in [0.05, 0.1) is 19.8 Å². The molecule has 7 heteroatoms. The van der Waals surface area contributed by atoms with Crippen molar-refractivity contribution in [3.8, 4) is 0 Å². The van der Waals surface area contributed by atoms with E-state index in [4.69, 9.17) is 35.7 Å². The summed E-state index contributed by atoms with van der Waals surface area (Å²) < 4.78 is 0. The van der Waals surface area contributed by atoms with E-state index in [0.29, 0.717) is 6.42 Å². The Morgan fingerprint density at radius 2 is 0.778 bits per heavy atom. The summed E-state index contributed by atoms with van der Waals surface area (Å²) in [5, 5.41) is 36.8. The van der Waals surface area contributed by atoms with Crippen molar-refractivity contribution in [2.24, 2.45) is 5.41 Å². The highest BCUT2D eigenvalue weighted by molar-refractivity contribution is 5.26. The predicted molar refractivity (Wildman–Crippen MR) is 144 cm³/mol. The second-order valence-corrected chi connectivity index (χ2v) is 7.50. The minimum atomic E-state index is -0.667. The number of aryl methyl sites for hydroxylation is 3. The zero-order valence-electron chi connectivity index (χ0n) is 21.6. The molecule has 0 saturated carbocycles. The topological polar surface area (TPSA) is 143 Å². The van der Waals surface area contributed by atoms with Crippen molar-refractivity contribution in [3.63, 3.8) is 0 Å².